The van der Waals surface area contributed by atoms with E-state index in [-0.39, 0.29) is 0 Å². The second kappa shape index (κ2) is 5.50. The second-order valence-electron chi connectivity index (χ2n) is 3.52. The molecule has 1 N–H and O–H groups in total. The summed E-state index contributed by atoms with van der Waals surface area (Å²) in [6.07, 6.45) is 2.93. The molecule has 2 rings (SSSR count). The number of nitrogens with one attached hydrogen (secondary N) is 1. The maximum absolute atomic E-state index is 4.27. The van der Waals surface area contributed by atoms with Crippen LogP contribution in [0.15, 0.2) is 28.2 Å². The molecule has 16 heavy (non-hydrogen) atoms. The molecule has 2 heterocycles. The molecule has 0 spiro atoms. The van der Waals surface area contributed by atoms with Crippen molar-refractivity contribution in [2.45, 2.75) is 26.4 Å². The van der Waals surface area contributed by atoms with E-state index in [0.29, 0.717) is 0 Å². The number of rotatable bonds is 5. The second-order valence-corrected chi connectivity index (χ2v) is 5.44. The van der Waals surface area contributed by atoms with Gasteiger partial charge in [0.25, 0.3) is 0 Å². The molecule has 0 amide bonds. The molecular weight excluding hydrogens is 286 g/mol. The van der Waals surface area contributed by atoms with Gasteiger partial charge in [-0.1, -0.05) is 6.92 Å². The summed E-state index contributed by atoms with van der Waals surface area (Å²) in [5, 5.41) is 9.77. The molecule has 0 aliphatic heterocycles. The van der Waals surface area contributed by atoms with E-state index in [0.717, 1.165) is 29.8 Å². The molecule has 0 atom stereocenters. The molecule has 0 aliphatic rings. The van der Waals surface area contributed by atoms with Crippen LogP contribution < -0.4 is 5.32 Å². The molecule has 2 aromatic rings. The van der Waals surface area contributed by atoms with E-state index in [1.165, 1.54) is 4.88 Å². The van der Waals surface area contributed by atoms with E-state index in [4.69, 9.17) is 0 Å². The van der Waals surface area contributed by atoms with E-state index in [1.807, 2.05) is 16.9 Å². The average Bonchev–Trinajstić information content (AvgIpc) is 2.85. The maximum atomic E-state index is 4.27. The van der Waals surface area contributed by atoms with Crippen molar-refractivity contribution in [3.8, 4) is 0 Å². The van der Waals surface area contributed by atoms with Crippen molar-refractivity contribution >= 4 is 33.1 Å². The van der Waals surface area contributed by atoms with Gasteiger partial charge in [0.2, 0.25) is 0 Å². The van der Waals surface area contributed by atoms with E-state index in [2.05, 4.69) is 44.7 Å². The zero-order valence-corrected chi connectivity index (χ0v) is 11.5. The van der Waals surface area contributed by atoms with Crippen LogP contribution in [0.3, 0.4) is 0 Å². The first-order chi connectivity index (χ1) is 7.79. The zero-order chi connectivity index (χ0) is 11.4. The van der Waals surface area contributed by atoms with Gasteiger partial charge < -0.3 is 5.32 Å². The van der Waals surface area contributed by atoms with Crippen molar-refractivity contribution in [2.24, 2.45) is 0 Å². The van der Waals surface area contributed by atoms with Gasteiger partial charge in [-0.2, -0.15) is 5.10 Å². The number of aryl methyl sites for hydroxylation is 1. The summed E-state index contributed by atoms with van der Waals surface area (Å²) in [5.74, 6) is 1.09. The first-order valence-electron chi connectivity index (χ1n) is 5.28. The Balaban J connectivity index is 1.96. The van der Waals surface area contributed by atoms with Gasteiger partial charge in [0.05, 0.1) is 12.7 Å². The predicted octanol–water partition coefficient (Wildman–Crippen LogP) is 3.73. The largest absolute Gasteiger partial charge is 0.365 e. The van der Waals surface area contributed by atoms with Crippen molar-refractivity contribution in [2.75, 3.05) is 5.32 Å². The first kappa shape index (κ1) is 11.7. The lowest BCUT2D eigenvalue weighted by Gasteiger charge is -2.07. The lowest BCUT2D eigenvalue weighted by Crippen LogP contribution is -2.07. The lowest BCUT2D eigenvalue weighted by atomic mass is 10.4. The van der Waals surface area contributed by atoms with E-state index >= 15 is 0 Å². The van der Waals surface area contributed by atoms with Crippen LogP contribution in [0.4, 0.5) is 5.82 Å². The van der Waals surface area contributed by atoms with Crippen LogP contribution in [0.2, 0.25) is 0 Å². The van der Waals surface area contributed by atoms with Crippen LogP contribution in [-0.4, -0.2) is 9.78 Å². The van der Waals surface area contributed by atoms with Crippen molar-refractivity contribution in [3.63, 3.8) is 0 Å². The Hall–Kier alpha value is -0.810. The number of halogens is 1. The topological polar surface area (TPSA) is 29.9 Å². The third-order valence-electron chi connectivity index (χ3n) is 2.22. The molecule has 0 fully saturated rings. The Morgan fingerprint density at radius 2 is 2.44 bits per heavy atom. The van der Waals surface area contributed by atoms with Crippen LogP contribution in [0, 0.1) is 0 Å². The van der Waals surface area contributed by atoms with Gasteiger partial charge in [0.15, 0.2) is 0 Å². The van der Waals surface area contributed by atoms with Gasteiger partial charge in [-0.3, -0.25) is 0 Å². The summed E-state index contributed by atoms with van der Waals surface area (Å²) < 4.78 is 3.15. The fourth-order valence-corrected chi connectivity index (χ4v) is 2.89. The molecule has 2 aromatic heterocycles. The van der Waals surface area contributed by atoms with Crippen LogP contribution >= 0.6 is 27.3 Å². The minimum Gasteiger partial charge on any atom is -0.365 e. The fraction of sp³-hybridized carbons (Fsp3) is 0.364. The van der Waals surface area contributed by atoms with Gasteiger partial charge in [-0.25, -0.2) is 4.68 Å². The molecule has 5 heteroatoms. The van der Waals surface area contributed by atoms with Gasteiger partial charge in [0.1, 0.15) is 5.82 Å². The summed E-state index contributed by atoms with van der Waals surface area (Å²) in [7, 11) is 0. The molecule has 0 bridgehead atoms. The minimum atomic E-state index is 0.853. The number of anilines is 1. The number of aromatic nitrogens is 2. The number of thiophene rings is 1. The molecule has 0 aliphatic carbocycles. The lowest BCUT2D eigenvalue weighted by molar-refractivity contribution is 0.607. The molecular formula is C11H14BrN3S. The molecule has 0 saturated heterocycles. The highest BCUT2D eigenvalue weighted by molar-refractivity contribution is 9.10. The Kier molecular flexibility index (Phi) is 4.01. The van der Waals surface area contributed by atoms with Crippen LogP contribution in [0.5, 0.6) is 0 Å². The minimum absolute atomic E-state index is 0.853. The van der Waals surface area contributed by atoms with Crippen LogP contribution in [0.25, 0.3) is 0 Å². The molecule has 0 saturated carbocycles. The SMILES string of the molecule is CCCn1nccc1NCc1cc(Br)cs1. The third-order valence-corrected chi connectivity index (χ3v) is 3.92. The van der Waals surface area contributed by atoms with Gasteiger partial charge in [-0.15, -0.1) is 11.3 Å². The van der Waals surface area contributed by atoms with E-state index in [1.54, 1.807) is 11.3 Å². The van der Waals surface area contributed by atoms with E-state index < -0.39 is 0 Å². The smallest absolute Gasteiger partial charge is 0.124 e. The summed E-state index contributed by atoms with van der Waals surface area (Å²) in [4.78, 5) is 1.32. The standard InChI is InChI=1S/C11H14BrN3S/c1-2-5-15-11(3-4-14-15)13-7-10-6-9(12)8-16-10/h3-4,6,8,13H,2,5,7H2,1H3. The highest BCUT2D eigenvalue weighted by Gasteiger charge is 2.02. The third kappa shape index (κ3) is 2.86. The quantitative estimate of drug-likeness (QED) is 0.912. The Morgan fingerprint density at radius 1 is 1.56 bits per heavy atom. The summed E-state index contributed by atoms with van der Waals surface area (Å²) in [6.45, 7) is 3.97. The number of hydrogen-bond acceptors (Lipinski definition) is 3. The maximum Gasteiger partial charge on any atom is 0.124 e. The van der Waals surface area contributed by atoms with Crippen LogP contribution in [-0.2, 0) is 13.1 Å². The van der Waals surface area contributed by atoms with Crippen LogP contribution in [0.1, 0.15) is 18.2 Å². The van der Waals surface area contributed by atoms with Crippen molar-refractivity contribution < 1.29 is 0 Å². The fourth-order valence-electron chi connectivity index (χ4n) is 1.50. The number of hydrogen-bond donors (Lipinski definition) is 1. The van der Waals surface area contributed by atoms with Crippen molar-refractivity contribution in [1.29, 1.82) is 0 Å². The Labute approximate surface area is 108 Å². The normalized spacial score (nSPS) is 10.6. The monoisotopic (exact) mass is 299 g/mol. The predicted molar refractivity (Wildman–Crippen MR) is 71.9 cm³/mol. The first-order valence-corrected chi connectivity index (χ1v) is 6.95. The molecule has 0 aromatic carbocycles. The highest BCUT2D eigenvalue weighted by atomic mass is 79.9. The number of nitrogens with zero attached hydrogens (tertiary/aromatic N) is 2. The van der Waals surface area contributed by atoms with Crippen molar-refractivity contribution in [3.05, 3.63) is 33.1 Å². The molecule has 3 nitrogen and oxygen atoms in total. The van der Waals surface area contributed by atoms with Gasteiger partial charge >= 0.3 is 0 Å². The average molecular weight is 300 g/mol. The zero-order valence-electron chi connectivity index (χ0n) is 9.11. The summed E-state index contributed by atoms with van der Waals surface area (Å²) in [6, 6.07) is 4.15. The summed E-state index contributed by atoms with van der Waals surface area (Å²) in [5.41, 5.74) is 0. The van der Waals surface area contributed by atoms with Gasteiger partial charge in [0, 0.05) is 27.3 Å². The van der Waals surface area contributed by atoms with Crippen molar-refractivity contribution in [1.82, 2.24) is 9.78 Å². The van der Waals surface area contributed by atoms with Gasteiger partial charge in [-0.05, 0) is 28.4 Å². The highest BCUT2D eigenvalue weighted by Crippen LogP contribution is 2.20. The Morgan fingerprint density at radius 3 is 3.12 bits per heavy atom. The summed E-state index contributed by atoms with van der Waals surface area (Å²) >= 11 is 5.21. The Bertz CT molecular complexity index is 450. The molecule has 86 valence electrons. The molecule has 0 unspecified atom stereocenters. The van der Waals surface area contributed by atoms with E-state index in [9.17, 15) is 0 Å². The molecule has 0 radical (unpaired) electrons.